The average Bonchev–Trinajstić information content (AvgIpc) is 2.44. The van der Waals surface area contributed by atoms with Crippen molar-refractivity contribution in [3.05, 3.63) is 70.8 Å². The summed E-state index contributed by atoms with van der Waals surface area (Å²) in [5, 5.41) is 19.7. The lowest BCUT2D eigenvalue weighted by atomic mass is 10.0. The smallest absolute Gasteiger partial charge is 0.123 e. The molecule has 2 N–H and O–H groups in total. The summed E-state index contributed by atoms with van der Waals surface area (Å²) in [6.45, 7) is 4.05. The number of benzene rings is 2. The Morgan fingerprint density at radius 3 is 2.38 bits per heavy atom. The van der Waals surface area contributed by atoms with Crippen LogP contribution in [0.4, 0.5) is 0 Å². The average molecular weight is 280 g/mol. The Morgan fingerprint density at radius 1 is 1.00 bits per heavy atom. The van der Waals surface area contributed by atoms with Crippen molar-refractivity contribution in [2.45, 2.75) is 20.3 Å². The van der Waals surface area contributed by atoms with Crippen molar-refractivity contribution in [2.75, 3.05) is 0 Å². The Hall–Kier alpha value is -2.48. The van der Waals surface area contributed by atoms with Gasteiger partial charge in [0.1, 0.15) is 11.5 Å². The third-order valence-electron chi connectivity index (χ3n) is 3.21. The van der Waals surface area contributed by atoms with Gasteiger partial charge in [-0.2, -0.15) is 0 Å². The maximum absolute atomic E-state index is 10.1. The summed E-state index contributed by atoms with van der Waals surface area (Å²) in [7, 11) is 0. The van der Waals surface area contributed by atoms with Gasteiger partial charge in [-0.3, -0.25) is 0 Å². The summed E-state index contributed by atoms with van der Waals surface area (Å²) in [5.41, 5.74) is 3.92. The molecule has 0 bridgehead atoms. The van der Waals surface area contributed by atoms with Crippen LogP contribution in [0.2, 0.25) is 0 Å². The molecule has 0 aliphatic carbocycles. The summed E-state index contributed by atoms with van der Waals surface area (Å²) < 4.78 is 0. The summed E-state index contributed by atoms with van der Waals surface area (Å²) in [4.78, 5) is 0. The van der Waals surface area contributed by atoms with Crippen LogP contribution in [0.1, 0.15) is 30.5 Å². The molecule has 2 aromatic carbocycles. The van der Waals surface area contributed by atoms with Crippen molar-refractivity contribution in [2.24, 2.45) is 0 Å². The topological polar surface area (TPSA) is 40.5 Å². The molecule has 2 aromatic rings. The van der Waals surface area contributed by atoms with Crippen LogP contribution in [-0.4, -0.2) is 10.2 Å². The maximum atomic E-state index is 10.1. The standard InChI is InChI=1S/C19H20O2/c1-14(2)8-11-18-16(12-17(20)13-19(18)21)10-9-15-6-4-3-5-7-15/h3-10,12-13,20-21H,11H2,1-2H3. The van der Waals surface area contributed by atoms with Gasteiger partial charge in [-0.15, -0.1) is 0 Å². The van der Waals surface area contributed by atoms with Gasteiger partial charge in [0, 0.05) is 11.6 Å². The number of aromatic hydroxyl groups is 2. The van der Waals surface area contributed by atoms with E-state index in [2.05, 4.69) is 6.08 Å². The second-order valence-corrected chi connectivity index (χ2v) is 5.26. The van der Waals surface area contributed by atoms with Crippen molar-refractivity contribution >= 4 is 12.2 Å². The molecule has 0 amide bonds. The first-order valence-electron chi connectivity index (χ1n) is 6.97. The summed E-state index contributed by atoms with van der Waals surface area (Å²) in [6, 6.07) is 13.0. The quantitative estimate of drug-likeness (QED) is 0.625. The van der Waals surface area contributed by atoms with Gasteiger partial charge < -0.3 is 10.2 Å². The van der Waals surface area contributed by atoms with E-state index in [-0.39, 0.29) is 11.5 Å². The third kappa shape index (κ3) is 4.25. The van der Waals surface area contributed by atoms with E-state index in [1.165, 1.54) is 11.6 Å². The van der Waals surface area contributed by atoms with E-state index in [0.29, 0.717) is 6.42 Å². The first-order chi connectivity index (χ1) is 10.1. The van der Waals surface area contributed by atoms with Crippen LogP contribution in [-0.2, 0) is 6.42 Å². The highest BCUT2D eigenvalue weighted by Crippen LogP contribution is 2.29. The molecule has 0 fully saturated rings. The second kappa shape index (κ2) is 6.80. The Labute approximate surface area is 125 Å². The van der Waals surface area contributed by atoms with Gasteiger partial charge in [0.15, 0.2) is 0 Å². The first-order valence-corrected chi connectivity index (χ1v) is 6.97. The largest absolute Gasteiger partial charge is 0.508 e. The second-order valence-electron chi connectivity index (χ2n) is 5.26. The molecule has 2 nitrogen and oxygen atoms in total. The fraction of sp³-hybridized carbons (Fsp3) is 0.158. The molecule has 0 aliphatic rings. The highest BCUT2D eigenvalue weighted by Gasteiger charge is 2.07. The molecule has 0 unspecified atom stereocenters. The molecule has 0 radical (unpaired) electrons. The SMILES string of the molecule is CC(C)=CCc1c(O)cc(O)cc1C=Cc1ccccc1. The Kier molecular flexibility index (Phi) is 4.83. The molecule has 0 saturated heterocycles. The number of allylic oxidation sites excluding steroid dienone is 2. The first kappa shape index (κ1) is 14.9. The van der Waals surface area contributed by atoms with Crippen LogP contribution in [0.15, 0.2) is 54.1 Å². The van der Waals surface area contributed by atoms with Crippen LogP contribution >= 0.6 is 0 Å². The molecule has 0 aromatic heterocycles. The molecule has 0 heterocycles. The molecular formula is C19H20O2. The minimum Gasteiger partial charge on any atom is -0.508 e. The van der Waals surface area contributed by atoms with E-state index in [4.69, 9.17) is 0 Å². The van der Waals surface area contributed by atoms with E-state index in [1.54, 1.807) is 6.07 Å². The van der Waals surface area contributed by atoms with Crippen LogP contribution in [0.5, 0.6) is 11.5 Å². The molecular weight excluding hydrogens is 260 g/mol. The van der Waals surface area contributed by atoms with Crippen LogP contribution < -0.4 is 0 Å². The zero-order chi connectivity index (χ0) is 15.2. The highest BCUT2D eigenvalue weighted by atomic mass is 16.3. The normalized spacial score (nSPS) is 10.8. The molecule has 0 atom stereocenters. The maximum Gasteiger partial charge on any atom is 0.123 e. The van der Waals surface area contributed by atoms with Gasteiger partial charge in [-0.05, 0) is 37.5 Å². The van der Waals surface area contributed by atoms with Crippen molar-refractivity contribution < 1.29 is 10.2 Å². The molecule has 108 valence electrons. The molecule has 21 heavy (non-hydrogen) atoms. The monoisotopic (exact) mass is 280 g/mol. The van der Waals surface area contributed by atoms with Crippen molar-refractivity contribution in [3.8, 4) is 11.5 Å². The Bertz CT molecular complexity index is 663. The third-order valence-corrected chi connectivity index (χ3v) is 3.21. The lowest BCUT2D eigenvalue weighted by Gasteiger charge is -2.08. The molecule has 2 heteroatoms. The summed E-state index contributed by atoms with van der Waals surface area (Å²) in [5.74, 6) is 0.196. The van der Waals surface area contributed by atoms with Gasteiger partial charge in [0.05, 0.1) is 0 Å². The number of hydrogen-bond donors (Lipinski definition) is 2. The van der Waals surface area contributed by atoms with E-state index in [9.17, 15) is 10.2 Å². The highest BCUT2D eigenvalue weighted by molar-refractivity contribution is 5.73. The van der Waals surface area contributed by atoms with E-state index in [1.807, 2.05) is 56.3 Å². The zero-order valence-corrected chi connectivity index (χ0v) is 12.4. The van der Waals surface area contributed by atoms with E-state index < -0.39 is 0 Å². The van der Waals surface area contributed by atoms with Gasteiger partial charge >= 0.3 is 0 Å². The predicted molar refractivity (Wildman–Crippen MR) is 88.3 cm³/mol. The van der Waals surface area contributed by atoms with Gasteiger partial charge in [0.25, 0.3) is 0 Å². The number of hydrogen-bond acceptors (Lipinski definition) is 2. The van der Waals surface area contributed by atoms with E-state index >= 15 is 0 Å². The Morgan fingerprint density at radius 2 is 1.71 bits per heavy atom. The fourth-order valence-electron chi connectivity index (χ4n) is 2.09. The molecule has 0 spiro atoms. The fourth-order valence-corrected chi connectivity index (χ4v) is 2.09. The lowest BCUT2D eigenvalue weighted by Crippen LogP contribution is -1.89. The van der Waals surface area contributed by atoms with Crippen molar-refractivity contribution in [1.82, 2.24) is 0 Å². The lowest BCUT2D eigenvalue weighted by molar-refractivity contribution is 0.446. The predicted octanol–water partition coefficient (Wildman–Crippen LogP) is 4.78. The molecule has 0 saturated carbocycles. The van der Waals surface area contributed by atoms with Crippen molar-refractivity contribution in [1.29, 1.82) is 0 Å². The van der Waals surface area contributed by atoms with Gasteiger partial charge in [0.2, 0.25) is 0 Å². The number of phenolic OH excluding ortho intramolecular Hbond substituents is 2. The van der Waals surface area contributed by atoms with Crippen molar-refractivity contribution in [3.63, 3.8) is 0 Å². The van der Waals surface area contributed by atoms with Crippen LogP contribution in [0, 0.1) is 0 Å². The zero-order valence-electron chi connectivity index (χ0n) is 12.4. The van der Waals surface area contributed by atoms with Gasteiger partial charge in [-0.25, -0.2) is 0 Å². The minimum atomic E-state index is 0.0705. The molecule has 0 aliphatic heterocycles. The van der Waals surface area contributed by atoms with E-state index in [0.717, 1.165) is 16.7 Å². The number of rotatable bonds is 4. The summed E-state index contributed by atoms with van der Waals surface area (Å²) in [6.07, 6.45) is 6.60. The number of phenols is 2. The Balaban J connectivity index is 2.37. The minimum absolute atomic E-state index is 0.0705. The van der Waals surface area contributed by atoms with Crippen LogP contribution in [0.25, 0.3) is 12.2 Å². The summed E-state index contributed by atoms with van der Waals surface area (Å²) >= 11 is 0. The van der Waals surface area contributed by atoms with Gasteiger partial charge in [-0.1, -0.05) is 54.1 Å². The molecule has 2 rings (SSSR count). The van der Waals surface area contributed by atoms with Crippen LogP contribution in [0.3, 0.4) is 0 Å².